The van der Waals surface area contributed by atoms with E-state index in [1.165, 1.54) is 43.5 Å². The molecule has 0 atom stereocenters. The number of phenolic OH excluding ortho intramolecular Hbond substituents is 2. The molecule has 4 aromatic rings. The maximum absolute atomic E-state index is 13.4. The molecule has 1 saturated carbocycles. The number of aromatic hydroxyl groups is 2. The number of hydrogen-bond acceptors (Lipinski definition) is 9. The molecule has 0 unspecified atom stereocenters. The zero-order valence-corrected chi connectivity index (χ0v) is 22.2. The monoisotopic (exact) mass is 552 g/mol. The molecule has 41 heavy (non-hydrogen) atoms. The van der Waals surface area contributed by atoms with Crippen LogP contribution in [0.15, 0.2) is 64.2 Å². The number of anilines is 3. The molecule has 7 rings (SSSR count). The summed E-state index contributed by atoms with van der Waals surface area (Å²) < 4.78 is 12.1. The van der Waals surface area contributed by atoms with E-state index in [2.05, 4.69) is 10.6 Å². The zero-order valence-electron chi connectivity index (χ0n) is 22.2. The smallest absolute Gasteiger partial charge is 0.340 e. The molecule has 0 saturated heterocycles. The van der Waals surface area contributed by atoms with Crippen molar-refractivity contribution in [2.24, 2.45) is 0 Å². The first-order valence-electron chi connectivity index (χ1n) is 13.9. The fourth-order valence-electron chi connectivity index (χ4n) is 6.38. The zero-order chi connectivity index (χ0) is 28.3. The second-order valence-electron chi connectivity index (χ2n) is 11.0. The number of phenols is 2. The van der Waals surface area contributed by atoms with E-state index in [9.17, 15) is 24.6 Å². The maximum atomic E-state index is 13.4. The van der Waals surface area contributed by atoms with Crippen LogP contribution in [0.1, 0.15) is 72.0 Å². The second-order valence-corrected chi connectivity index (χ2v) is 11.0. The van der Waals surface area contributed by atoms with E-state index in [0.717, 1.165) is 25.7 Å². The van der Waals surface area contributed by atoms with Gasteiger partial charge in [-0.3, -0.25) is 9.59 Å². The van der Waals surface area contributed by atoms with Crippen LogP contribution in [-0.4, -0.2) is 22.2 Å². The maximum Gasteiger partial charge on any atom is 0.340 e. The molecule has 0 aromatic heterocycles. The lowest BCUT2D eigenvalue weighted by Crippen LogP contribution is -2.39. The molecular weight excluding hydrogens is 524 g/mol. The predicted octanol–water partition coefficient (Wildman–Crippen LogP) is 5.53. The summed E-state index contributed by atoms with van der Waals surface area (Å²) >= 11 is 0. The van der Waals surface area contributed by atoms with Gasteiger partial charge in [0.15, 0.2) is 5.60 Å². The van der Waals surface area contributed by atoms with E-state index in [4.69, 9.17) is 9.47 Å². The average molecular weight is 553 g/mol. The van der Waals surface area contributed by atoms with Gasteiger partial charge in [-0.2, -0.15) is 0 Å². The Morgan fingerprint density at radius 3 is 1.95 bits per heavy atom. The van der Waals surface area contributed by atoms with Gasteiger partial charge < -0.3 is 30.3 Å². The van der Waals surface area contributed by atoms with Gasteiger partial charge in [0.1, 0.15) is 34.4 Å². The topological polar surface area (TPSA) is 134 Å². The number of benzene rings is 3. The highest BCUT2D eigenvalue weighted by Crippen LogP contribution is 2.57. The lowest BCUT2D eigenvalue weighted by atomic mass is 9.77. The molecule has 1 aliphatic carbocycles. The van der Waals surface area contributed by atoms with Gasteiger partial charge in [-0.15, -0.1) is 0 Å². The molecule has 2 heterocycles. The lowest BCUT2D eigenvalue weighted by molar-refractivity contribution is 0.0224. The van der Waals surface area contributed by atoms with Gasteiger partial charge >= 0.3 is 5.97 Å². The molecule has 9 heteroatoms. The number of carbonyl (C=O) groups excluding carboxylic acids is 1. The fraction of sp³-hybridized carbons (Fsp3) is 0.281. The van der Waals surface area contributed by atoms with Crippen LogP contribution in [0.2, 0.25) is 0 Å². The molecule has 1 fully saturated rings. The highest BCUT2D eigenvalue weighted by molar-refractivity contribution is 5.98. The minimum absolute atomic E-state index is 0.0246. The minimum atomic E-state index is -1.37. The third-order valence-corrected chi connectivity index (χ3v) is 8.41. The predicted molar refractivity (Wildman–Crippen MR) is 152 cm³/mol. The Bertz CT molecular complexity index is 1730. The van der Waals surface area contributed by atoms with Gasteiger partial charge in [0, 0.05) is 40.6 Å². The van der Waals surface area contributed by atoms with Crippen LogP contribution in [0, 0.1) is 0 Å². The lowest BCUT2D eigenvalue weighted by Gasteiger charge is -2.36. The van der Waals surface area contributed by atoms with Crippen molar-refractivity contribution in [2.45, 2.75) is 56.6 Å². The Hall–Kier alpha value is -4.79. The minimum Gasteiger partial charge on any atom is -0.508 e. The molecule has 4 aromatic carbocycles. The first-order chi connectivity index (χ1) is 19.8. The normalized spacial score (nSPS) is 17.5. The van der Waals surface area contributed by atoms with E-state index < -0.39 is 22.4 Å². The first kappa shape index (κ1) is 25.2. The molecule has 1 spiro atoms. The number of rotatable bonds is 4. The van der Waals surface area contributed by atoms with Crippen LogP contribution < -0.4 is 26.2 Å². The van der Waals surface area contributed by atoms with Gasteiger partial charge in [0.05, 0.1) is 5.56 Å². The molecule has 2 aliphatic heterocycles. The van der Waals surface area contributed by atoms with Crippen LogP contribution >= 0.6 is 0 Å². The van der Waals surface area contributed by atoms with Gasteiger partial charge in [-0.25, -0.2) is 4.79 Å². The van der Waals surface area contributed by atoms with E-state index in [-0.39, 0.29) is 28.8 Å². The molecule has 4 N–H and O–H groups in total. The summed E-state index contributed by atoms with van der Waals surface area (Å²) in [6, 6.07) is 14.4. The Kier molecular flexibility index (Phi) is 5.78. The Labute approximate surface area is 235 Å². The number of carbonyl (C=O) groups is 1. The molecule has 0 amide bonds. The molecular formula is C32H28N2O7. The number of esters is 1. The van der Waals surface area contributed by atoms with Crippen molar-refractivity contribution in [3.63, 3.8) is 0 Å². The van der Waals surface area contributed by atoms with Crippen LogP contribution in [-0.2, 0) is 10.3 Å². The number of hydrogen-bond donors (Lipinski definition) is 4. The van der Waals surface area contributed by atoms with E-state index in [1.807, 2.05) is 0 Å². The summed E-state index contributed by atoms with van der Waals surface area (Å²) in [4.78, 5) is 38.4. The van der Waals surface area contributed by atoms with Crippen molar-refractivity contribution in [3.8, 4) is 23.0 Å². The third kappa shape index (κ3) is 3.95. The van der Waals surface area contributed by atoms with Crippen LogP contribution in [0.4, 0.5) is 17.1 Å². The Balaban J connectivity index is 1.26. The SMILES string of the molecule is O=C1OC2(c3ccc(O)cc3Oc3cc(O)ccc32)c2ccc(Nc3c(NC4CCCCCCC4)c(=O)c3=O)cc21. The van der Waals surface area contributed by atoms with Crippen LogP contribution in [0.5, 0.6) is 23.0 Å². The van der Waals surface area contributed by atoms with Crippen LogP contribution in [0.3, 0.4) is 0 Å². The van der Waals surface area contributed by atoms with Crippen molar-refractivity contribution in [3.05, 3.63) is 97.3 Å². The first-order valence-corrected chi connectivity index (χ1v) is 13.9. The van der Waals surface area contributed by atoms with Gasteiger partial charge in [0.2, 0.25) is 0 Å². The van der Waals surface area contributed by atoms with Crippen molar-refractivity contribution in [2.75, 3.05) is 10.6 Å². The van der Waals surface area contributed by atoms with Gasteiger partial charge in [-0.05, 0) is 49.2 Å². The molecule has 9 nitrogen and oxygen atoms in total. The highest BCUT2D eigenvalue weighted by Gasteiger charge is 2.53. The standard InChI is InChI=1S/C32H28N2O7/c35-19-9-12-23-25(15-19)40-26-16-20(36)10-13-24(26)32(23)22-11-8-18(14-21(22)31(39)41-32)34-28-27(29(37)30(28)38)33-17-6-4-2-1-3-5-7-17/h8-17,33-36H,1-7H2. The highest BCUT2D eigenvalue weighted by atomic mass is 16.6. The molecule has 0 radical (unpaired) electrons. The summed E-state index contributed by atoms with van der Waals surface area (Å²) in [5, 5.41) is 26.6. The quantitative estimate of drug-likeness (QED) is 0.190. The summed E-state index contributed by atoms with van der Waals surface area (Å²) in [7, 11) is 0. The molecule has 0 bridgehead atoms. The average Bonchev–Trinajstić information content (AvgIpc) is 3.22. The van der Waals surface area contributed by atoms with Crippen molar-refractivity contribution in [1.82, 2.24) is 0 Å². The van der Waals surface area contributed by atoms with Gasteiger partial charge in [-0.1, -0.05) is 38.2 Å². The van der Waals surface area contributed by atoms with E-state index >= 15 is 0 Å². The van der Waals surface area contributed by atoms with Gasteiger partial charge in [0.25, 0.3) is 10.9 Å². The fourth-order valence-corrected chi connectivity index (χ4v) is 6.38. The summed E-state index contributed by atoms with van der Waals surface area (Å²) in [6.07, 6.45) is 7.65. The summed E-state index contributed by atoms with van der Waals surface area (Å²) in [5.41, 5.74) is 0.343. The number of nitrogens with one attached hydrogen (secondary N) is 2. The summed E-state index contributed by atoms with van der Waals surface area (Å²) in [6.45, 7) is 0. The Morgan fingerprint density at radius 2 is 1.29 bits per heavy atom. The van der Waals surface area contributed by atoms with E-state index in [1.54, 1.807) is 30.3 Å². The van der Waals surface area contributed by atoms with Crippen LogP contribution in [0.25, 0.3) is 0 Å². The number of ether oxygens (including phenoxy) is 2. The Morgan fingerprint density at radius 1 is 0.707 bits per heavy atom. The van der Waals surface area contributed by atoms with E-state index in [0.29, 0.717) is 39.6 Å². The number of fused-ring (bicyclic) bond motifs is 6. The largest absolute Gasteiger partial charge is 0.508 e. The third-order valence-electron chi connectivity index (χ3n) is 8.41. The molecule has 208 valence electrons. The second kappa shape index (κ2) is 9.40. The van der Waals surface area contributed by atoms with Crippen molar-refractivity contribution >= 4 is 23.0 Å². The molecule has 3 aliphatic rings. The van der Waals surface area contributed by atoms with Crippen molar-refractivity contribution in [1.29, 1.82) is 0 Å². The van der Waals surface area contributed by atoms with Crippen molar-refractivity contribution < 1.29 is 24.5 Å². The summed E-state index contributed by atoms with van der Waals surface area (Å²) in [5.74, 6) is -0.0486.